The first-order valence-corrected chi connectivity index (χ1v) is 6.69. The molecule has 1 unspecified atom stereocenters. The summed E-state index contributed by atoms with van der Waals surface area (Å²) in [4.78, 5) is 14.3. The van der Waals surface area contributed by atoms with Gasteiger partial charge in [-0.05, 0) is 19.0 Å². The highest BCUT2D eigenvalue weighted by Gasteiger charge is 2.27. The van der Waals surface area contributed by atoms with Gasteiger partial charge >= 0.3 is 5.97 Å². The van der Waals surface area contributed by atoms with Crippen LogP contribution in [0.4, 0.5) is 0 Å². The first-order valence-electron chi connectivity index (χ1n) is 6.69. The van der Waals surface area contributed by atoms with Gasteiger partial charge in [-0.3, -0.25) is 4.90 Å². The summed E-state index contributed by atoms with van der Waals surface area (Å²) in [5.41, 5.74) is 0.957. The topological polar surface area (TPSA) is 38.8 Å². The number of carbonyl (C=O) groups excluding carboxylic acids is 1. The van der Waals surface area contributed by atoms with Gasteiger partial charge < -0.3 is 9.47 Å². The van der Waals surface area contributed by atoms with Crippen molar-refractivity contribution in [3.05, 3.63) is 35.9 Å². The molecule has 1 aromatic carbocycles. The van der Waals surface area contributed by atoms with Crippen LogP contribution in [0, 0.1) is 0 Å². The number of rotatable bonds is 8. The van der Waals surface area contributed by atoms with Crippen molar-refractivity contribution < 1.29 is 14.3 Å². The van der Waals surface area contributed by atoms with E-state index in [1.165, 1.54) is 0 Å². The number of hydrogen-bond acceptors (Lipinski definition) is 4. The van der Waals surface area contributed by atoms with Crippen LogP contribution in [0.15, 0.2) is 30.3 Å². The van der Waals surface area contributed by atoms with E-state index >= 15 is 0 Å². The van der Waals surface area contributed by atoms with Crippen LogP contribution in [0.25, 0.3) is 0 Å². The Labute approximate surface area is 115 Å². The van der Waals surface area contributed by atoms with Gasteiger partial charge in [0.15, 0.2) is 0 Å². The van der Waals surface area contributed by atoms with Gasteiger partial charge in [-0.2, -0.15) is 0 Å². The molecule has 0 aromatic heterocycles. The summed E-state index contributed by atoms with van der Waals surface area (Å²) in [6.07, 6.45) is 0. The molecule has 106 valence electrons. The number of hydrogen-bond donors (Lipinski definition) is 0. The van der Waals surface area contributed by atoms with E-state index in [1.54, 1.807) is 7.11 Å². The van der Waals surface area contributed by atoms with Gasteiger partial charge in [0, 0.05) is 13.7 Å². The summed E-state index contributed by atoms with van der Waals surface area (Å²) in [6, 6.07) is 9.36. The van der Waals surface area contributed by atoms with Crippen LogP contribution in [-0.2, 0) is 14.3 Å². The summed E-state index contributed by atoms with van der Waals surface area (Å²) in [5.74, 6) is -0.202. The van der Waals surface area contributed by atoms with E-state index in [0.29, 0.717) is 19.8 Å². The molecular weight excluding hydrogens is 242 g/mol. The Hall–Kier alpha value is -1.39. The molecule has 19 heavy (non-hydrogen) atoms. The Morgan fingerprint density at radius 3 is 2.47 bits per heavy atom. The highest BCUT2D eigenvalue weighted by Crippen LogP contribution is 2.21. The number of nitrogens with zero attached hydrogens (tertiary/aromatic N) is 1. The van der Waals surface area contributed by atoms with E-state index in [0.717, 1.165) is 12.1 Å². The lowest BCUT2D eigenvalue weighted by molar-refractivity contribution is -0.150. The van der Waals surface area contributed by atoms with Gasteiger partial charge in [-0.1, -0.05) is 37.3 Å². The summed E-state index contributed by atoms with van der Waals surface area (Å²) in [7, 11) is 1.66. The maximum Gasteiger partial charge on any atom is 0.328 e. The molecule has 4 nitrogen and oxygen atoms in total. The first-order chi connectivity index (χ1) is 9.24. The van der Waals surface area contributed by atoms with Gasteiger partial charge in [0.25, 0.3) is 0 Å². The Morgan fingerprint density at radius 1 is 1.26 bits per heavy atom. The number of ether oxygens (including phenoxy) is 2. The Bertz CT molecular complexity index is 367. The number of esters is 1. The largest absolute Gasteiger partial charge is 0.465 e. The van der Waals surface area contributed by atoms with Crippen molar-refractivity contribution in [2.75, 3.05) is 33.4 Å². The molecule has 1 aromatic rings. The molecule has 0 saturated heterocycles. The minimum absolute atomic E-state index is 0.202. The average Bonchev–Trinajstić information content (AvgIpc) is 2.44. The van der Waals surface area contributed by atoms with Crippen molar-refractivity contribution in [1.82, 2.24) is 4.90 Å². The summed E-state index contributed by atoms with van der Waals surface area (Å²) < 4.78 is 10.3. The van der Waals surface area contributed by atoms with Crippen molar-refractivity contribution in [2.45, 2.75) is 19.9 Å². The number of benzene rings is 1. The molecule has 0 bridgehead atoms. The summed E-state index contributed by atoms with van der Waals surface area (Å²) >= 11 is 0. The molecule has 0 aliphatic carbocycles. The molecule has 0 heterocycles. The minimum Gasteiger partial charge on any atom is -0.465 e. The SMILES string of the molecule is CCOC(=O)C(c1ccccc1)N(CC)CCOC. The van der Waals surface area contributed by atoms with E-state index < -0.39 is 0 Å². The summed E-state index contributed by atoms with van der Waals surface area (Å²) in [6.45, 7) is 6.31. The zero-order valence-electron chi connectivity index (χ0n) is 12.0. The zero-order chi connectivity index (χ0) is 14.1. The van der Waals surface area contributed by atoms with Crippen LogP contribution in [0.2, 0.25) is 0 Å². The van der Waals surface area contributed by atoms with Crippen molar-refractivity contribution in [1.29, 1.82) is 0 Å². The van der Waals surface area contributed by atoms with E-state index in [4.69, 9.17) is 9.47 Å². The zero-order valence-corrected chi connectivity index (χ0v) is 12.0. The molecule has 0 saturated carbocycles. The van der Waals surface area contributed by atoms with E-state index in [2.05, 4.69) is 4.90 Å². The molecule has 0 spiro atoms. The predicted molar refractivity (Wildman–Crippen MR) is 74.9 cm³/mol. The third kappa shape index (κ3) is 4.65. The normalized spacial score (nSPS) is 12.4. The van der Waals surface area contributed by atoms with Crippen molar-refractivity contribution in [3.63, 3.8) is 0 Å². The maximum atomic E-state index is 12.2. The molecule has 4 heteroatoms. The molecule has 0 amide bonds. The smallest absolute Gasteiger partial charge is 0.328 e. The second kappa shape index (κ2) is 8.67. The molecule has 0 fully saturated rings. The fraction of sp³-hybridized carbons (Fsp3) is 0.533. The third-order valence-electron chi connectivity index (χ3n) is 2.98. The highest BCUT2D eigenvalue weighted by molar-refractivity contribution is 5.77. The van der Waals surface area contributed by atoms with Gasteiger partial charge in [0.1, 0.15) is 6.04 Å². The Balaban J connectivity index is 2.93. The number of methoxy groups -OCH3 is 1. The van der Waals surface area contributed by atoms with Crippen LogP contribution in [-0.4, -0.2) is 44.3 Å². The van der Waals surface area contributed by atoms with Crippen molar-refractivity contribution in [2.24, 2.45) is 0 Å². The lowest BCUT2D eigenvalue weighted by Gasteiger charge is -2.29. The van der Waals surface area contributed by atoms with Crippen LogP contribution >= 0.6 is 0 Å². The lowest BCUT2D eigenvalue weighted by atomic mass is 10.1. The first kappa shape index (κ1) is 15.7. The summed E-state index contributed by atoms with van der Waals surface area (Å²) in [5, 5.41) is 0. The molecule has 0 radical (unpaired) electrons. The van der Waals surface area contributed by atoms with Gasteiger partial charge in [0.2, 0.25) is 0 Å². The standard InChI is InChI=1S/C15H23NO3/c1-4-16(11-12-18-3)14(15(17)19-5-2)13-9-7-6-8-10-13/h6-10,14H,4-5,11-12H2,1-3H3. The quantitative estimate of drug-likeness (QED) is 0.676. The van der Waals surface area contributed by atoms with Crippen LogP contribution < -0.4 is 0 Å². The predicted octanol–water partition coefficient (Wildman–Crippen LogP) is 2.26. The molecule has 0 aliphatic rings. The second-order valence-electron chi connectivity index (χ2n) is 4.19. The molecule has 0 aliphatic heterocycles. The van der Waals surface area contributed by atoms with Crippen molar-refractivity contribution >= 4 is 5.97 Å². The number of carbonyl (C=O) groups is 1. The van der Waals surface area contributed by atoms with Gasteiger partial charge in [0.05, 0.1) is 13.2 Å². The Morgan fingerprint density at radius 2 is 1.95 bits per heavy atom. The monoisotopic (exact) mass is 265 g/mol. The van der Waals surface area contributed by atoms with Gasteiger partial charge in [-0.25, -0.2) is 4.79 Å². The highest BCUT2D eigenvalue weighted by atomic mass is 16.5. The van der Waals surface area contributed by atoms with Crippen LogP contribution in [0.3, 0.4) is 0 Å². The molecule has 1 rings (SSSR count). The lowest BCUT2D eigenvalue weighted by Crippen LogP contribution is -2.37. The third-order valence-corrected chi connectivity index (χ3v) is 2.98. The fourth-order valence-electron chi connectivity index (χ4n) is 2.03. The molecular formula is C15H23NO3. The second-order valence-corrected chi connectivity index (χ2v) is 4.19. The van der Waals surface area contributed by atoms with Gasteiger partial charge in [-0.15, -0.1) is 0 Å². The maximum absolute atomic E-state index is 12.2. The van der Waals surface area contributed by atoms with Crippen molar-refractivity contribution in [3.8, 4) is 0 Å². The van der Waals surface area contributed by atoms with E-state index in [-0.39, 0.29) is 12.0 Å². The number of likely N-dealkylation sites (N-methyl/N-ethyl adjacent to an activating group) is 1. The van der Waals surface area contributed by atoms with E-state index in [1.807, 2.05) is 44.2 Å². The minimum atomic E-state index is -0.360. The van der Waals surface area contributed by atoms with Crippen LogP contribution in [0.5, 0.6) is 0 Å². The molecule has 0 N–H and O–H groups in total. The fourth-order valence-corrected chi connectivity index (χ4v) is 2.03. The molecule has 1 atom stereocenters. The Kier molecular flexibility index (Phi) is 7.15. The average molecular weight is 265 g/mol. The van der Waals surface area contributed by atoms with E-state index in [9.17, 15) is 4.79 Å². The van der Waals surface area contributed by atoms with Crippen LogP contribution in [0.1, 0.15) is 25.5 Å².